The zero-order valence-electron chi connectivity index (χ0n) is 13.2. The summed E-state index contributed by atoms with van der Waals surface area (Å²) in [4.78, 5) is 28.5. The van der Waals surface area contributed by atoms with Crippen molar-refractivity contribution in [2.45, 2.75) is 0 Å². The van der Waals surface area contributed by atoms with Gasteiger partial charge in [-0.1, -0.05) is 28.1 Å². The molecule has 1 fully saturated rings. The monoisotopic (exact) mass is 416 g/mol. The Morgan fingerprint density at radius 1 is 1.16 bits per heavy atom. The Morgan fingerprint density at radius 2 is 1.84 bits per heavy atom. The third-order valence-corrected chi connectivity index (χ3v) is 4.78. The molecular weight excluding hydrogens is 404 g/mol. The van der Waals surface area contributed by atoms with Gasteiger partial charge < -0.3 is 10.1 Å². The number of amides is 1. The van der Waals surface area contributed by atoms with Crippen molar-refractivity contribution >= 4 is 56.5 Å². The van der Waals surface area contributed by atoms with Crippen LogP contribution in [0.25, 0.3) is 6.08 Å². The molecule has 1 amide bonds. The molecule has 0 radical (unpaired) electrons. The largest absolute Gasteiger partial charge is 0.465 e. The molecule has 1 aliphatic heterocycles. The van der Waals surface area contributed by atoms with Gasteiger partial charge in [-0.2, -0.15) is 0 Å². The van der Waals surface area contributed by atoms with E-state index in [-0.39, 0.29) is 5.91 Å². The Kier molecular flexibility index (Phi) is 5.35. The van der Waals surface area contributed by atoms with Crippen LogP contribution in [0, 0.1) is 0 Å². The molecule has 0 saturated carbocycles. The van der Waals surface area contributed by atoms with Gasteiger partial charge in [-0.3, -0.25) is 4.79 Å². The van der Waals surface area contributed by atoms with Gasteiger partial charge in [-0.25, -0.2) is 9.79 Å². The summed E-state index contributed by atoms with van der Waals surface area (Å²) >= 11 is 4.65. The van der Waals surface area contributed by atoms with Crippen LogP contribution in [0.4, 0.5) is 5.69 Å². The molecule has 1 saturated heterocycles. The molecular formula is C18H13BrN2O3S. The van der Waals surface area contributed by atoms with Gasteiger partial charge in [0.25, 0.3) is 5.91 Å². The molecule has 126 valence electrons. The number of halogens is 1. The van der Waals surface area contributed by atoms with Crippen molar-refractivity contribution in [3.8, 4) is 0 Å². The quantitative estimate of drug-likeness (QED) is 0.603. The Labute approximate surface area is 157 Å². The van der Waals surface area contributed by atoms with E-state index in [2.05, 4.69) is 31.0 Å². The number of hydrogen-bond acceptors (Lipinski definition) is 5. The van der Waals surface area contributed by atoms with Gasteiger partial charge in [0.15, 0.2) is 5.17 Å². The summed E-state index contributed by atoms with van der Waals surface area (Å²) in [5.41, 5.74) is 2.04. The van der Waals surface area contributed by atoms with E-state index in [1.165, 1.54) is 18.9 Å². The maximum absolute atomic E-state index is 12.1. The molecule has 0 unspecified atom stereocenters. The SMILES string of the molecule is COC(=O)c1ccc(/C=C2\SC(=Nc3ccc(Br)cc3)NC2=O)cc1. The van der Waals surface area contributed by atoms with Crippen molar-refractivity contribution < 1.29 is 14.3 Å². The van der Waals surface area contributed by atoms with E-state index in [0.29, 0.717) is 15.6 Å². The van der Waals surface area contributed by atoms with Gasteiger partial charge in [0, 0.05) is 4.47 Å². The van der Waals surface area contributed by atoms with E-state index in [0.717, 1.165) is 15.7 Å². The van der Waals surface area contributed by atoms with Crippen molar-refractivity contribution in [2.75, 3.05) is 7.11 Å². The van der Waals surface area contributed by atoms with Crippen molar-refractivity contribution in [1.29, 1.82) is 0 Å². The van der Waals surface area contributed by atoms with Crippen LogP contribution in [0.5, 0.6) is 0 Å². The van der Waals surface area contributed by atoms with E-state index in [4.69, 9.17) is 0 Å². The van der Waals surface area contributed by atoms with Crippen LogP contribution < -0.4 is 5.32 Å². The summed E-state index contributed by atoms with van der Waals surface area (Å²) in [5, 5.41) is 3.28. The first-order valence-corrected chi connectivity index (χ1v) is 8.89. The molecule has 5 nitrogen and oxygen atoms in total. The summed E-state index contributed by atoms with van der Waals surface area (Å²) in [7, 11) is 1.34. The summed E-state index contributed by atoms with van der Waals surface area (Å²) in [6.45, 7) is 0. The van der Waals surface area contributed by atoms with E-state index >= 15 is 0 Å². The van der Waals surface area contributed by atoms with Crippen LogP contribution in [0.3, 0.4) is 0 Å². The van der Waals surface area contributed by atoms with Crippen LogP contribution >= 0.6 is 27.7 Å². The fourth-order valence-corrected chi connectivity index (χ4v) is 3.20. The molecule has 0 bridgehead atoms. The minimum Gasteiger partial charge on any atom is -0.465 e. The molecule has 1 aliphatic rings. The molecule has 0 aliphatic carbocycles. The van der Waals surface area contributed by atoms with Crippen LogP contribution in [0.15, 0.2) is 62.9 Å². The number of carbonyl (C=O) groups excluding carboxylic acids is 2. The Morgan fingerprint density at radius 3 is 2.48 bits per heavy atom. The molecule has 1 N–H and O–H groups in total. The first-order valence-electron chi connectivity index (χ1n) is 7.29. The van der Waals surface area contributed by atoms with Crippen molar-refractivity contribution in [3.05, 3.63) is 69.0 Å². The molecule has 2 aromatic rings. The van der Waals surface area contributed by atoms with Gasteiger partial charge in [-0.05, 0) is 59.8 Å². The van der Waals surface area contributed by atoms with E-state index < -0.39 is 5.97 Å². The van der Waals surface area contributed by atoms with E-state index in [1.54, 1.807) is 30.3 Å². The Balaban J connectivity index is 1.77. The van der Waals surface area contributed by atoms with Gasteiger partial charge in [0.05, 0.1) is 23.3 Å². The minimum absolute atomic E-state index is 0.196. The normalized spacial score (nSPS) is 17.0. The van der Waals surface area contributed by atoms with Crippen LogP contribution in [0.1, 0.15) is 15.9 Å². The summed E-state index contributed by atoms with van der Waals surface area (Å²) in [6.07, 6.45) is 1.76. The topological polar surface area (TPSA) is 67.8 Å². The lowest BCUT2D eigenvalue weighted by atomic mass is 10.1. The van der Waals surface area contributed by atoms with Crippen molar-refractivity contribution in [3.63, 3.8) is 0 Å². The second-order valence-corrected chi connectivity index (χ2v) is 7.02. The zero-order valence-corrected chi connectivity index (χ0v) is 15.6. The van der Waals surface area contributed by atoms with Crippen molar-refractivity contribution in [1.82, 2.24) is 5.32 Å². The van der Waals surface area contributed by atoms with Crippen LogP contribution in [-0.4, -0.2) is 24.2 Å². The molecule has 3 rings (SSSR count). The number of nitrogens with one attached hydrogen (secondary N) is 1. The molecule has 0 spiro atoms. The lowest BCUT2D eigenvalue weighted by Gasteiger charge is -1.99. The number of rotatable bonds is 3. The molecule has 25 heavy (non-hydrogen) atoms. The predicted octanol–water partition coefficient (Wildman–Crippen LogP) is 4.13. The number of hydrogen-bond donors (Lipinski definition) is 1. The lowest BCUT2D eigenvalue weighted by Crippen LogP contribution is -2.19. The van der Waals surface area contributed by atoms with Gasteiger partial charge in [-0.15, -0.1) is 0 Å². The summed E-state index contributed by atoms with van der Waals surface area (Å²) in [6, 6.07) is 14.3. The standard InChI is InChI=1S/C18H13BrN2O3S/c1-24-17(23)12-4-2-11(3-5-12)10-15-16(22)21-18(25-15)20-14-8-6-13(19)7-9-14/h2-10H,1H3,(H,20,21,22)/b15-10-. The van der Waals surface area contributed by atoms with Gasteiger partial charge in [0.2, 0.25) is 0 Å². The van der Waals surface area contributed by atoms with Crippen molar-refractivity contribution in [2.24, 2.45) is 4.99 Å². The molecule has 7 heteroatoms. The third-order valence-electron chi connectivity index (χ3n) is 3.34. The molecule has 2 aromatic carbocycles. The number of thioether (sulfide) groups is 1. The van der Waals surface area contributed by atoms with Crippen LogP contribution in [-0.2, 0) is 9.53 Å². The maximum Gasteiger partial charge on any atom is 0.337 e. The predicted molar refractivity (Wildman–Crippen MR) is 103 cm³/mol. The number of carbonyl (C=O) groups is 2. The number of methoxy groups -OCH3 is 1. The molecule has 0 atom stereocenters. The number of esters is 1. The van der Waals surface area contributed by atoms with Gasteiger partial charge in [0.1, 0.15) is 0 Å². The highest BCUT2D eigenvalue weighted by atomic mass is 79.9. The van der Waals surface area contributed by atoms with Gasteiger partial charge >= 0.3 is 5.97 Å². The fraction of sp³-hybridized carbons (Fsp3) is 0.0556. The summed E-state index contributed by atoms with van der Waals surface area (Å²) in [5.74, 6) is -0.589. The molecule has 0 aromatic heterocycles. The maximum atomic E-state index is 12.1. The zero-order chi connectivity index (χ0) is 17.8. The second-order valence-electron chi connectivity index (χ2n) is 5.07. The lowest BCUT2D eigenvalue weighted by molar-refractivity contribution is -0.115. The van der Waals surface area contributed by atoms with Crippen LogP contribution in [0.2, 0.25) is 0 Å². The summed E-state index contributed by atoms with van der Waals surface area (Å²) < 4.78 is 5.63. The number of ether oxygens (including phenoxy) is 1. The average molecular weight is 417 g/mol. The first-order chi connectivity index (χ1) is 12.0. The highest BCUT2D eigenvalue weighted by molar-refractivity contribution is 9.10. The van der Waals surface area contributed by atoms with E-state index in [1.807, 2.05) is 24.3 Å². The Bertz CT molecular complexity index is 874. The fourth-order valence-electron chi connectivity index (χ4n) is 2.10. The first kappa shape index (κ1) is 17.4. The third kappa shape index (κ3) is 4.37. The smallest absolute Gasteiger partial charge is 0.337 e. The average Bonchev–Trinajstić information content (AvgIpc) is 2.96. The second kappa shape index (κ2) is 7.67. The highest BCUT2D eigenvalue weighted by Crippen LogP contribution is 2.28. The number of aliphatic imine (C=N–C) groups is 1. The number of benzene rings is 2. The number of nitrogens with zero attached hydrogens (tertiary/aromatic N) is 1. The molecule has 1 heterocycles. The van der Waals surface area contributed by atoms with E-state index in [9.17, 15) is 9.59 Å². The number of amidine groups is 1. The minimum atomic E-state index is -0.392. The highest BCUT2D eigenvalue weighted by Gasteiger charge is 2.23. The Hall–Kier alpha value is -2.38.